The van der Waals surface area contributed by atoms with Crippen LogP contribution in [0, 0.1) is 17.7 Å². The molecule has 1 aromatic carbocycles. The molecule has 1 nitrogen and oxygen atoms in total. The zero-order chi connectivity index (χ0) is 12.3. The van der Waals surface area contributed by atoms with Gasteiger partial charge in [0.1, 0.15) is 5.82 Å². The maximum atomic E-state index is 13.1. The Bertz CT molecular complexity index is 380. The summed E-state index contributed by atoms with van der Waals surface area (Å²) in [6, 6.07) is 5.04. The van der Waals surface area contributed by atoms with Crippen molar-refractivity contribution in [2.75, 3.05) is 6.54 Å². The summed E-state index contributed by atoms with van der Waals surface area (Å²) >= 11 is 5.80. The quantitative estimate of drug-likeness (QED) is 0.874. The van der Waals surface area contributed by atoms with Gasteiger partial charge in [-0.15, -0.1) is 0 Å². The first-order valence-electron chi connectivity index (χ1n) is 6.34. The van der Waals surface area contributed by atoms with Crippen molar-refractivity contribution < 1.29 is 4.39 Å². The largest absolute Gasteiger partial charge is 0.330 e. The van der Waals surface area contributed by atoms with Gasteiger partial charge in [0.25, 0.3) is 0 Å². The fourth-order valence-electron chi connectivity index (χ4n) is 2.83. The minimum Gasteiger partial charge on any atom is -0.330 e. The van der Waals surface area contributed by atoms with Gasteiger partial charge in [-0.1, -0.05) is 30.5 Å². The van der Waals surface area contributed by atoms with Crippen molar-refractivity contribution in [3.63, 3.8) is 0 Å². The van der Waals surface area contributed by atoms with Crippen molar-refractivity contribution in [2.45, 2.75) is 32.1 Å². The van der Waals surface area contributed by atoms with E-state index in [0.29, 0.717) is 11.8 Å². The zero-order valence-corrected chi connectivity index (χ0v) is 10.7. The monoisotopic (exact) mass is 255 g/mol. The van der Waals surface area contributed by atoms with E-state index >= 15 is 0 Å². The van der Waals surface area contributed by atoms with Crippen molar-refractivity contribution in [2.24, 2.45) is 17.6 Å². The molecule has 2 N–H and O–H groups in total. The normalized spacial score (nSPS) is 24.9. The Hall–Kier alpha value is -0.600. The van der Waals surface area contributed by atoms with E-state index in [-0.39, 0.29) is 10.8 Å². The summed E-state index contributed by atoms with van der Waals surface area (Å²) in [6.45, 7) is 0.763. The maximum Gasteiger partial charge on any atom is 0.141 e. The highest BCUT2D eigenvalue weighted by molar-refractivity contribution is 6.30. The molecule has 17 heavy (non-hydrogen) atoms. The molecule has 0 saturated heterocycles. The molecule has 1 aromatic rings. The highest BCUT2D eigenvalue weighted by Crippen LogP contribution is 2.32. The van der Waals surface area contributed by atoms with Crippen LogP contribution in [0.2, 0.25) is 5.02 Å². The number of hydrogen-bond acceptors (Lipinski definition) is 1. The Balaban J connectivity index is 2.05. The second-order valence-electron chi connectivity index (χ2n) is 4.99. The molecule has 3 heteroatoms. The second-order valence-corrected chi connectivity index (χ2v) is 5.40. The fourth-order valence-corrected chi connectivity index (χ4v) is 3.04. The third kappa shape index (κ3) is 3.20. The van der Waals surface area contributed by atoms with E-state index in [2.05, 4.69) is 0 Å². The van der Waals surface area contributed by atoms with Crippen LogP contribution in [0.1, 0.15) is 31.2 Å². The molecule has 0 aliphatic heterocycles. The third-order valence-corrected chi connectivity index (χ3v) is 4.14. The van der Waals surface area contributed by atoms with Crippen molar-refractivity contribution in [3.05, 3.63) is 34.6 Å². The van der Waals surface area contributed by atoms with Gasteiger partial charge in [0.15, 0.2) is 0 Å². The van der Waals surface area contributed by atoms with Gasteiger partial charge in [-0.25, -0.2) is 4.39 Å². The van der Waals surface area contributed by atoms with E-state index in [0.717, 1.165) is 18.5 Å². The number of halogens is 2. The summed E-state index contributed by atoms with van der Waals surface area (Å²) in [7, 11) is 0. The molecule has 0 aromatic heterocycles. The van der Waals surface area contributed by atoms with Gasteiger partial charge in [0, 0.05) is 0 Å². The summed E-state index contributed by atoms with van der Waals surface area (Å²) < 4.78 is 13.1. The van der Waals surface area contributed by atoms with Gasteiger partial charge in [-0.05, 0) is 55.3 Å². The fraction of sp³-hybridized carbons (Fsp3) is 0.571. The molecular formula is C14H19ClFN. The molecule has 0 radical (unpaired) electrons. The summed E-state index contributed by atoms with van der Waals surface area (Å²) in [5, 5.41) is 0.225. The van der Waals surface area contributed by atoms with Gasteiger partial charge < -0.3 is 5.73 Å². The Morgan fingerprint density at radius 3 is 2.59 bits per heavy atom. The standard InChI is InChI=1S/C14H19ClFN/c15-13-8-10(5-6-14(13)16)7-11-3-1-2-4-12(11)9-17/h5-6,8,11-12H,1-4,7,9,17H2. The minimum atomic E-state index is -0.338. The van der Waals surface area contributed by atoms with Crippen molar-refractivity contribution in [3.8, 4) is 0 Å². The molecule has 1 fully saturated rings. The summed E-state index contributed by atoms with van der Waals surface area (Å²) in [5.74, 6) is 0.914. The summed E-state index contributed by atoms with van der Waals surface area (Å²) in [4.78, 5) is 0. The van der Waals surface area contributed by atoms with Gasteiger partial charge in [-0.2, -0.15) is 0 Å². The molecule has 1 aliphatic carbocycles. The molecule has 2 atom stereocenters. The lowest BCUT2D eigenvalue weighted by Crippen LogP contribution is -2.28. The Kier molecular flexibility index (Phi) is 4.41. The van der Waals surface area contributed by atoms with Gasteiger partial charge in [0.05, 0.1) is 5.02 Å². The van der Waals surface area contributed by atoms with E-state index in [4.69, 9.17) is 17.3 Å². The van der Waals surface area contributed by atoms with Crippen LogP contribution in [0.5, 0.6) is 0 Å². The minimum absolute atomic E-state index is 0.225. The van der Waals surface area contributed by atoms with E-state index in [1.54, 1.807) is 6.07 Å². The molecular weight excluding hydrogens is 237 g/mol. The van der Waals surface area contributed by atoms with E-state index < -0.39 is 0 Å². The van der Waals surface area contributed by atoms with Crippen LogP contribution in [0.25, 0.3) is 0 Å². The van der Waals surface area contributed by atoms with Crippen LogP contribution in [-0.2, 0) is 6.42 Å². The number of benzene rings is 1. The van der Waals surface area contributed by atoms with E-state index in [1.807, 2.05) is 6.07 Å². The lowest BCUT2D eigenvalue weighted by molar-refractivity contribution is 0.242. The highest BCUT2D eigenvalue weighted by atomic mass is 35.5. The smallest absolute Gasteiger partial charge is 0.141 e. The van der Waals surface area contributed by atoms with E-state index in [9.17, 15) is 4.39 Å². The molecule has 0 amide bonds. The van der Waals surface area contributed by atoms with Gasteiger partial charge in [0.2, 0.25) is 0 Å². The van der Waals surface area contributed by atoms with Crippen LogP contribution in [0.3, 0.4) is 0 Å². The SMILES string of the molecule is NCC1CCCCC1Cc1ccc(F)c(Cl)c1. The highest BCUT2D eigenvalue weighted by Gasteiger charge is 2.24. The first-order valence-corrected chi connectivity index (χ1v) is 6.72. The Morgan fingerprint density at radius 2 is 1.94 bits per heavy atom. The number of nitrogens with two attached hydrogens (primary N) is 1. The number of hydrogen-bond donors (Lipinski definition) is 1. The van der Waals surface area contributed by atoms with Crippen molar-refractivity contribution >= 4 is 11.6 Å². The maximum absolute atomic E-state index is 13.1. The Labute approximate surface area is 107 Å². The van der Waals surface area contributed by atoms with Gasteiger partial charge in [-0.3, -0.25) is 0 Å². The van der Waals surface area contributed by atoms with Crippen LogP contribution in [0.15, 0.2) is 18.2 Å². The molecule has 0 spiro atoms. The molecule has 1 aliphatic rings. The lowest BCUT2D eigenvalue weighted by atomic mass is 9.76. The van der Waals surface area contributed by atoms with Crippen LogP contribution < -0.4 is 5.73 Å². The second kappa shape index (κ2) is 5.83. The van der Waals surface area contributed by atoms with Crippen LogP contribution in [0.4, 0.5) is 4.39 Å². The molecule has 2 unspecified atom stereocenters. The van der Waals surface area contributed by atoms with Crippen molar-refractivity contribution in [1.82, 2.24) is 0 Å². The molecule has 0 bridgehead atoms. The molecule has 94 valence electrons. The van der Waals surface area contributed by atoms with E-state index in [1.165, 1.54) is 31.7 Å². The third-order valence-electron chi connectivity index (χ3n) is 3.85. The first-order chi connectivity index (χ1) is 8.20. The summed E-state index contributed by atoms with van der Waals surface area (Å²) in [5.41, 5.74) is 6.94. The zero-order valence-electron chi connectivity index (χ0n) is 9.96. The molecule has 2 rings (SSSR count). The summed E-state index contributed by atoms with van der Waals surface area (Å²) in [6.07, 6.45) is 6.02. The average molecular weight is 256 g/mol. The first kappa shape index (κ1) is 12.8. The van der Waals surface area contributed by atoms with Crippen LogP contribution >= 0.6 is 11.6 Å². The molecule has 1 saturated carbocycles. The van der Waals surface area contributed by atoms with Crippen molar-refractivity contribution in [1.29, 1.82) is 0 Å². The molecule has 0 heterocycles. The lowest BCUT2D eigenvalue weighted by Gasteiger charge is -2.30. The predicted molar refractivity (Wildman–Crippen MR) is 69.6 cm³/mol. The predicted octanol–water partition coefficient (Wildman–Crippen LogP) is 3.79. The van der Waals surface area contributed by atoms with Crippen LogP contribution in [-0.4, -0.2) is 6.54 Å². The Morgan fingerprint density at radius 1 is 1.24 bits per heavy atom. The average Bonchev–Trinajstić information content (AvgIpc) is 2.34. The number of rotatable bonds is 3. The topological polar surface area (TPSA) is 26.0 Å². The van der Waals surface area contributed by atoms with Gasteiger partial charge >= 0.3 is 0 Å².